The molecule has 1 amide bonds. The Kier molecular flexibility index (Phi) is 7.69. The fourth-order valence-corrected chi connectivity index (χ4v) is 2.71. The number of ether oxygens (including phenoxy) is 1. The third-order valence-corrected chi connectivity index (χ3v) is 3.28. The Hall–Kier alpha value is -0.970. The van der Waals surface area contributed by atoms with Crippen LogP contribution in [0.2, 0.25) is 0 Å². The molecule has 2 atom stereocenters. The zero-order chi connectivity index (χ0) is 17.7. The van der Waals surface area contributed by atoms with Crippen LogP contribution in [-0.4, -0.2) is 30.2 Å². The van der Waals surface area contributed by atoms with E-state index < -0.39 is 17.8 Å². The van der Waals surface area contributed by atoms with Crippen LogP contribution in [0.3, 0.4) is 0 Å². The van der Waals surface area contributed by atoms with E-state index >= 15 is 0 Å². The lowest BCUT2D eigenvalue weighted by molar-refractivity contribution is -0.134. The first-order valence-electron chi connectivity index (χ1n) is 7.84. The third kappa shape index (κ3) is 8.47. The zero-order valence-electron chi connectivity index (χ0n) is 15.2. The highest BCUT2D eigenvalue weighted by atomic mass is 19.1. The van der Waals surface area contributed by atoms with Crippen molar-refractivity contribution in [3.05, 3.63) is 0 Å². The Morgan fingerprint density at radius 1 is 1.09 bits per heavy atom. The molecule has 0 aliphatic carbocycles. The predicted molar refractivity (Wildman–Crippen MR) is 86.2 cm³/mol. The molecule has 0 saturated heterocycles. The highest BCUT2D eigenvalue weighted by Crippen LogP contribution is 2.33. The maximum atomic E-state index is 13.9. The number of hydrogen-bond acceptors (Lipinski definition) is 3. The van der Waals surface area contributed by atoms with Gasteiger partial charge in [-0.2, -0.15) is 0 Å². The van der Waals surface area contributed by atoms with Crippen molar-refractivity contribution in [2.75, 3.05) is 6.61 Å². The number of hydrogen-bond donors (Lipinski definition) is 1. The molecule has 1 unspecified atom stereocenters. The van der Waals surface area contributed by atoms with Crippen LogP contribution in [0.1, 0.15) is 61.8 Å². The first-order valence-corrected chi connectivity index (χ1v) is 7.84. The summed E-state index contributed by atoms with van der Waals surface area (Å²) in [4.78, 5) is 23.9. The molecule has 0 aromatic carbocycles. The summed E-state index contributed by atoms with van der Waals surface area (Å²) in [6, 6.07) is 0. The quantitative estimate of drug-likeness (QED) is 0.731. The van der Waals surface area contributed by atoms with Crippen molar-refractivity contribution in [3.8, 4) is 0 Å². The fourth-order valence-electron chi connectivity index (χ4n) is 2.71. The van der Waals surface area contributed by atoms with Crippen LogP contribution in [-0.2, 0) is 14.3 Å². The summed E-state index contributed by atoms with van der Waals surface area (Å²) < 4.78 is 19.2. The van der Waals surface area contributed by atoms with Gasteiger partial charge in [0, 0.05) is 5.92 Å². The topological polar surface area (TPSA) is 55.4 Å². The third-order valence-electron chi connectivity index (χ3n) is 3.28. The number of amides is 1. The van der Waals surface area contributed by atoms with Crippen LogP contribution in [0, 0.1) is 17.3 Å². The molecule has 0 fully saturated rings. The number of carbonyl (C=O) groups is 2. The molecule has 0 radical (unpaired) electrons. The molecule has 4 nitrogen and oxygen atoms in total. The highest BCUT2D eigenvalue weighted by Gasteiger charge is 2.34. The standard InChI is InChI=1S/C17H32FNO3/c1-11(2)15(16(3,4)5)12(20)9-13(18)19-14(21)10-22-17(6,7)8/h11,13,15H,9-10H2,1-8H3,(H,19,21)/t13-,15?/m0/s1. The van der Waals surface area contributed by atoms with Crippen LogP contribution in [0.25, 0.3) is 0 Å². The Balaban J connectivity index is 4.49. The van der Waals surface area contributed by atoms with Gasteiger partial charge >= 0.3 is 0 Å². The number of carbonyl (C=O) groups excluding carboxylic acids is 2. The van der Waals surface area contributed by atoms with E-state index in [-0.39, 0.29) is 36.1 Å². The largest absolute Gasteiger partial charge is 0.366 e. The molecule has 0 aliphatic heterocycles. The van der Waals surface area contributed by atoms with E-state index in [0.717, 1.165) is 0 Å². The molecule has 0 spiro atoms. The summed E-state index contributed by atoms with van der Waals surface area (Å²) in [7, 11) is 0. The maximum absolute atomic E-state index is 13.9. The fraction of sp³-hybridized carbons (Fsp3) is 0.882. The smallest absolute Gasteiger partial charge is 0.248 e. The second kappa shape index (κ2) is 8.04. The number of halogens is 1. The van der Waals surface area contributed by atoms with Gasteiger partial charge in [0.25, 0.3) is 0 Å². The molecule has 0 heterocycles. The molecule has 0 aromatic rings. The second-order valence-corrected chi connectivity index (χ2v) is 8.19. The van der Waals surface area contributed by atoms with Gasteiger partial charge in [-0.3, -0.25) is 9.59 Å². The summed E-state index contributed by atoms with van der Waals surface area (Å²) in [5.74, 6) is -0.827. The van der Waals surface area contributed by atoms with Crippen LogP contribution in [0.4, 0.5) is 4.39 Å². The second-order valence-electron chi connectivity index (χ2n) is 8.19. The molecule has 0 bridgehead atoms. The average molecular weight is 317 g/mol. The average Bonchev–Trinajstić information content (AvgIpc) is 2.21. The molecule has 0 aromatic heterocycles. The summed E-state index contributed by atoms with van der Waals surface area (Å²) in [6.07, 6.45) is -1.98. The van der Waals surface area contributed by atoms with E-state index in [1.807, 2.05) is 55.4 Å². The number of nitrogens with one attached hydrogen (secondary N) is 1. The van der Waals surface area contributed by atoms with Gasteiger partial charge in [0.1, 0.15) is 12.4 Å². The van der Waals surface area contributed by atoms with E-state index in [9.17, 15) is 14.0 Å². The van der Waals surface area contributed by atoms with Gasteiger partial charge in [0.05, 0.1) is 12.0 Å². The Labute approximate surface area is 134 Å². The molecule has 22 heavy (non-hydrogen) atoms. The van der Waals surface area contributed by atoms with Gasteiger partial charge in [-0.25, -0.2) is 4.39 Å². The van der Waals surface area contributed by atoms with E-state index in [1.165, 1.54) is 0 Å². The molecule has 1 N–H and O–H groups in total. The van der Waals surface area contributed by atoms with Crippen molar-refractivity contribution >= 4 is 11.7 Å². The van der Waals surface area contributed by atoms with E-state index in [4.69, 9.17) is 4.74 Å². The lowest BCUT2D eigenvalue weighted by Gasteiger charge is -2.33. The van der Waals surface area contributed by atoms with Crippen LogP contribution in [0.15, 0.2) is 0 Å². The Morgan fingerprint density at radius 2 is 1.59 bits per heavy atom. The first kappa shape index (κ1) is 21.0. The van der Waals surface area contributed by atoms with Crippen molar-refractivity contribution in [1.82, 2.24) is 5.32 Å². The van der Waals surface area contributed by atoms with E-state index in [2.05, 4.69) is 5.32 Å². The van der Waals surface area contributed by atoms with Gasteiger partial charge in [-0.05, 0) is 32.1 Å². The molecule has 5 heteroatoms. The molecule has 0 saturated carbocycles. The summed E-state index contributed by atoms with van der Waals surface area (Å²) in [5, 5.41) is 2.18. The lowest BCUT2D eigenvalue weighted by Crippen LogP contribution is -2.40. The number of Topliss-reactive ketones (excluding diaryl/α,β-unsaturated/α-hetero) is 1. The van der Waals surface area contributed by atoms with Crippen molar-refractivity contribution in [3.63, 3.8) is 0 Å². The minimum atomic E-state index is -1.67. The Morgan fingerprint density at radius 3 is 1.95 bits per heavy atom. The van der Waals surface area contributed by atoms with Crippen LogP contribution < -0.4 is 5.32 Å². The maximum Gasteiger partial charge on any atom is 0.248 e. The van der Waals surface area contributed by atoms with Crippen molar-refractivity contribution < 1.29 is 18.7 Å². The van der Waals surface area contributed by atoms with E-state index in [0.29, 0.717) is 0 Å². The van der Waals surface area contributed by atoms with Crippen LogP contribution >= 0.6 is 0 Å². The number of rotatable bonds is 7. The van der Waals surface area contributed by atoms with Crippen molar-refractivity contribution in [1.29, 1.82) is 0 Å². The normalized spacial score (nSPS) is 15.5. The summed E-state index contributed by atoms with van der Waals surface area (Å²) in [6.45, 7) is 15.0. The van der Waals surface area contributed by atoms with E-state index in [1.54, 1.807) is 0 Å². The predicted octanol–water partition coefficient (Wildman–Crippen LogP) is 3.49. The molecule has 130 valence electrons. The minimum absolute atomic E-state index is 0.125. The minimum Gasteiger partial charge on any atom is -0.366 e. The summed E-state index contributed by atoms with van der Waals surface area (Å²) in [5.41, 5.74) is -0.696. The first-order chi connectivity index (χ1) is 9.74. The Bertz CT molecular complexity index is 380. The van der Waals surface area contributed by atoms with Gasteiger partial charge in [-0.15, -0.1) is 0 Å². The molecule has 0 aliphatic rings. The SMILES string of the molecule is CC(C)C(C(=O)C[C@@H](F)NC(=O)COC(C)(C)C)C(C)(C)C. The molecular formula is C17H32FNO3. The van der Waals surface area contributed by atoms with Gasteiger partial charge in [-0.1, -0.05) is 34.6 Å². The van der Waals surface area contributed by atoms with Crippen LogP contribution in [0.5, 0.6) is 0 Å². The van der Waals surface area contributed by atoms with Gasteiger partial charge < -0.3 is 10.1 Å². The highest BCUT2D eigenvalue weighted by molar-refractivity contribution is 5.83. The van der Waals surface area contributed by atoms with Gasteiger partial charge in [0.15, 0.2) is 6.30 Å². The monoisotopic (exact) mass is 317 g/mol. The van der Waals surface area contributed by atoms with Gasteiger partial charge in [0.2, 0.25) is 5.91 Å². The lowest BCUT2D eigenvalue weighted by atomic mass is 9.71. The molecular weight excluding hydrogens is 285 g/mol. The molecule has 0 rings (SSSR count). The van der Waals surface area contributed by atoms with Crippen molar-refractivity contribution in [2.24, 2.45) is 17.3 Å². The number of ketones is 1. The zero-order valence-corrected chi connectivity index (χ0v) is 15.2. The number of alkyl halides is 1. The summed E-state index contributed by atoms with van der Waals surface area (Å²) >= 11 is 0. The van der Waals surface area contributed by atoms with Crippen molar-refractivity contribution in [2.45, 2.75) is 73.7 Å².